The van der Waals surface area contributed by atoms with E-state index in [0.717, 1.165) is 18.9 Å². The van der Waals surface area contributed by atoms with Crippen molar-refractivity contribution in [2.75, 3.05) is 0 Å². The Balaban J connectivity index is 2.49. The first-order chi connectivity index (χ1) is 7.04. The van der Waals surface area contributed by atoms with E-state index in [1.54, 1.807) is 0 Å². The SMILES string of the molecule is NC1(c2ccc(F)c(F)c2F)CCCC1. The molecule has 0 radical (unpaired) electrons. The van der Waals surface area contributed by atoms with Gasteiger partial charge in [-0.25, -0.2) is 13.2 Å². The van der Waals surface area contributed by atoms with Gasteiger partial charge < -0.3 is 5.73 Å². The summed E-state index contributed by atoms with van der Waals surface area (Å²) in [5, 5.41) is 0. The van der Waals surface area contributed by atoms with Crippen LogP contribution in [0.5, 0.6) is 0 Å². The molecular formula is C11H12F3N. The molecule has 2 rings (SSSR count). The summed E-state index contributed by atoms with van der Waals surface area (Å²) < 4.78 is 39.2. The topological polar surface area (TPSA) is 26.0 Å². The molecule has 1 nitrogen and oxygen atoms in total. The number of halogens is 3. The molecule has 0 heterocycles. The highest BCUT2D eigenvalue weighted by molar-refractivity contribution is 5.28. The molecule has 0 spiro atoms. The predicted octanol–water partition coefficient (Wildman–Crippen LogP) is 2.83. The van der Waals surface area contributed by atoms with Crippen LogP contribution in [-0.4, -0.2) is 0 Å². The van der Waals surface area contributed by atoms with Gasteiger partial charge in [0.25, 0.3) is 0 Å². The molecular weight excluding hydrogens is 203 g/mol. The molecule has 82 valence electrons. The highest BCUT2D eigenvalue weighted by Gasteiger charge is 2.35. The summed E-state index contributed by atoms with van der Waals surface area (Å²) >= 11 is 0. The van der Waals surface area contributed by atoms with Gasteiger partial charge in [0.2, 0.25) is 0 Å². The number of hydrogen-bond acceptors (Lipinski definition) is 1. The average Bonchev–Trinajstić information content (AvgIpc) is 2.62. The Morgan fingerprint density at radius 2 is 1.60 bits per heavy atom. The summed E-state index contributed by atoms with van der Waals surface area (Å²) in [6.07, 6.45) is 3.04. The highest BCUT2D eigenvalue weighted by atomic mass is 19.2. The van der Waals surface area contributed by atoms with Crippen LogP contribution in [0.2, 0.25) is 0 Å². The summed E-state index contributed by atoms with van der Waals surface area (Å²) in [6, 6.07) is 2.18. The lowest BCUT2D eigenvalue weighted by Gasteiger charge is -2.24. The fraction of sp³-hybridized carbons (Fsp3) is 0.455. The summed E-state index contributed by atoms with van der Waals surface area (Å²) in [7, 11) is 0. The largest absolute Gasteiger partial charge is 0.321 e. The number of hydrogen-bond donors (Lipinski definition) is 1. The van der Waals surface area contributed by atoms with E-state index in [4.69, 9.17) is 5.73 Å². The third kappa shape index (κ3) is 1.63. The van der Waals surface area contributed by atoms with E-state index < -0.39 is 23.0 Å². The molecule has 0 unspecified atom stereocenters. The second kappa shape index (κ2) is 3.52. The molecule has 1 fully saturated rings. The summed E-state index contributed by atoms with van der Waals surface area (Å²) in [5.74, 6) is -3.73. The zero-order valence-corrected chi connectivity index (χ0v) is 8.19. The van der Waals surface area contributed by atoms with Gasteiger partial charge in [-0.15, -0.1) is 0 Å². The second-order valence-corrected chi connectivity index (χ2v) is 4.09. The van der Waals surface area contributed by atoms with E-state index in [2.05, 4.69) is 0 Å². The Bertz CT molecular complexity index is 384. The molecule has 1 aromatic carbocycles. The Hall–Kier alpha value is -1.03. The normalized spacial score (nSPS) is 19.5. The highest BCUT2D eigenvalue weighted by Crippen LogP contribution is 2.38. The fourth-order valence-corrected chi connectivity index (χ4v) is 2.19. The van der Waals surface area contributed by atoms with Crippen molar-refractivity contribution in [1.29, 1.82) is 0 Å². The molecule has 4 heteroatoms. The Labute approximate surface area is 86.1 Å². The molecule has 0 bridgehead atoms. The quantitative estimate of drug-likeness (QED) is 0.716. The van der Waals surface area contributed by atoms with Crippen LogP contribution < -0.4 is 5.73 Å². The molecule has 1 aromatic rings. The molecule has 2 N–H and O–H groups in total. The van der Waals surface area contributed by atoms with Crippen molar-refractivity contribution < 1.29 is 13.2 Å². The Morgan fingerprint density at radius 3 is 2.20 bits per heavy atom. The van der Waals surface area contributed by atoms with Crippen LogP contribution in [0.15, 0.2) is 12.1 Å². The summed E-state index contributed by atoms with van der Waals surface area (Å²) in [4.78, 5) is 0. The van der Waals surface area contributed by atoms with E-state index in [-0.39, 0.29) is 5.56 Å². The predicted molar refractivity (Wildman–Crippen MR) is 50.6 cm³/mol. The van der Waals surface area contributed by atoms with Crippen LogP contribution in [0.4, 0.5) is 13.2 Å². The lowest BCUT2D eigenvalue weighted by molar-refractivity contribution is 0.393. The number of rotatable bonds is 1. The molecule has 0 aromatic heterocycles. The van der Waals surface area contributed by atoms with Crippen molar-refractivity contribution in [3.05, 3.63) is 35.1 Å². The summed E-state index contributed by atoms with van der Waals surface area (Å²) in [5.41, 5.74) is 5.25. The van der Waals surface area contributed by atoms with Gasteiger partial charge in [0, 0.05) is 11.1 Å². The van der Waals surface area contributed by atoms with Crippen LogP contribution in [0, 0.1) is 17.5 Å². The van der Waals surface area contributed by atoms with Crippen molar-refractivity contribution in [3.8, 4) is 0 Å². The van der Waals surface area contributed by atoms with Gasteiger partial charge in [-0.2, -0.15) is 0 Å². The first kappa shape index (κ1) is 10.5. The van der Waals surface area contributed by atoms with E-state index in [1.807, 2.05) is 0 Å². The molecule has 1 aliphatic carbocycles. The minimum atomic E-state index is -1.43. The standard InChI is InChI=1S/C11H12F3N/c12-8-4-3-7(9(13)10(8)14)11(15)5-1-2-6-11/h3-4H,1-2,5-6,15H2. The van der Waals surface area contributed by atoms with Crippen LogP contribution >= 0.6 is 0 Å². The maximum atomic E-state index is 13.5. The molecule has 15 heavy (non-hydrogen) atoms. The molecule has 0 atom stereocenters. The Morgan fingerprint density at radius 1 is 1.00 bits per heavy atom. The first-order valence-electron chi connectivity index (χ1n) is 4.97. The number of nitrogens with two attached hydrogens (primary N) is 1. The van der Waals surface area contributed by atoms with Gasteiger partial charge >= 0.3 is 0 Å². The van der Waals surface area contributed by atoms with Crippen LogP contribution in [0.1, 0.15) is 31.2 Å². The van der Waals surface area contributed by atoms with Gasteiger partial charge in [-0.1, -0.05) is 18.9 Å². The smallest absolute Gasteiger partial charge is 0.194 e. The zero-order valence-electron chi connectivity index (χ0n) is 8.19. The van der Waals surface area contributed by atoms with Gasteiger partial charge in [-0.3, -0.25) is 0 Å². The molecule has 0 aliphatic heterocycles. The Kier molecular flexibility index (Phi) is 2.46. The van der Waals surface area contributed by atoms with Gasteiger partial charge in [0.15, 0.2) is 17.5 Å². The molecule has 0 saturated heterocycles. The first-order valence-corrected chi connectivity index (χ1v) is 4.97. The zero-order chi connectivity index (χ0) is 11.1. The summed E-state index contributed by atoms with van der Waals surface area (Å²) in [6.45, 7) is 0. The minimum absolute atomic E-state index is 0.0962. The van der Waals surface area contributed by atoms with E-state index in [0.29, 0.717) is 12.8 Å². The number of benzene rings is 1. The third-order valence-electron chi connectivity index (χ3n) is 3.07. The monoisotopic (exact) mass is 215 g/mol. The van der Waals surface area contributed by atoms with Crippen molar-refractivity contribution in [2.24, 2.45) is 5.73 Å². The average molecular weight is 215 g/mol. The van der Waals surface area contributed by atoms with Crippen molar-refractivity contribution in [3.63, 3.8) is 0 Å². The second-order valence-electron chi connectivity index (χ2n) is 4.09. The van der Waals surface area contributed by atoms with Crippen molar-refractivity contribution >= 4 is 0 Å². The van der Waals surface area contributed by atoms with Crippen LogP contribution in [0.25, 0.3) is 0 Å². The van der Waals surface area contributed by atoms with Gasteiger partial charge in [0.1, 0.15) is 0 Å². The lowest BCUT2D eigenvalue weighted by atomic mass is 9.89. The third-order valence-corrected chi connectivity index (χ3v) is 3.07. The maximum absolute atomic E-state index is 13.5. The van der Waals surface area contributed by atoms with E-state index in [9.17, 15) is 13.2 Å². The molecule has 0 amide bonds. The minimum Gasteiger partial charge on any atom is -0.321 e. The van der Waals surface area contributed by atoms with Gasteiger partial charge in [-0.05, 0) is 18.9 Å². The molecule has 1 aliphatic rings. The van der Waals surface area contributed by atoms with Crippen molar-refractivity contribution in [1.82, 2.24) is 0 Å². The van der Waals surface area contributed by atoms with Crippen molar-refractivity contribution in [2.45, 2.75) is 31.2 Å². The molecule has 1 saturated carbocycles. The maximum Gasteiger partial charge on any atom is 0.194 e. The van der Waals surface area contributed by atoms with E-state index >= 15 is 0 Å². The van der Waals surface area contributed by atoms with Crippen LogP contribution in [-0.2, 0) is 5.54 Å². The van der Waals surface area contributed by atoms with Gasteiger partial charge in [0.05, 0.1) is 0 Å². The lowest BCUT2D eigenvalue weighted by Crippen LogP contribution is -2.34. The fourth-order valence-electron chi connectivity index (χ4n) is 2.19. The van der Waals surface area contributed by atoms with E-state index in [1.165, 1.54) is 6.07 Å². The van der Waals surface area contributed by atoms with Crippen LogP contribution in [0.3, 0.4) is 0 Å².